The predicted octanol–water partition coefficient (Wildman–Crippen LogP) is 2.81. The molecule has 3 aliphatic heterocycles. The fourth-order valence-electron chi connectivity index (χ4n) is 4.24. The zero-order chi connectivity index (χ0) is 19.7. The summed E-state index contributed by atoms with van der Waals surface area (Å²) in [6.45, 7) is 12.0. The third-order valence-electron chi connectivity index (χ3n) is 6.06. The molecule has 0 aliphatic carbocycles. The molecule has 6 nitrogen and oxygen atoms in total. The fourth-order valence-corrected chi connectivity index (χ4v) is 4.24. The van der Waals surface area contributed by atoms with Crippen molar-refractivity contribution in [1.29, 1.82) is 0 Å². The molecular formula is C21H30BN3O3. The van der Waals surface area contributed by atoms with Crippen LogP contribution >= 0.6 is 0 Å². The molecule has 0 unspecified atom stereocenters. The van der Waals surface area contributed by atoms with Gasteiger partial charge in [-0.25, -0.2) is 4.79 Å². The molecule has 3 saturated heterocycles. The normalized spacial score (nSPS) is 24.6. The van der Waals surface area contributed by atoms with Gasteiger partial charge in [0.15, 0.2) is 0 Å². The standard InChI is InChI=1S/C21H30BN3O3/c1-16-21(2,3)28-22(27-16)17-8-10-18(11-9-17)23-20(26)25-14-6-7-19(25)15-24-12-4-5-13-24/h8-11,19H,1,4-7,12-15H2,2-3H3,(H,23,26)/t19-/m0/s1. The van der Waals surface area contributed by atoms with Crippen LogP contribution in [-0.2, 0) is 9.31 Å². The molecule has 4 rings (SSSR count). The van der Waals surface area contributed by atoms with Crippen molar-refractivity contribution in [1.82, 2.24) is 9.80 Å². The van der Waals surface area contributed by atoms with Crippen molar-refractivity contribution in [3.8, 4) is 0 Å². The van der Waals surface area contributed by atoms with Crippen molar-refractivity contribution in [2.75, 3.05) is 31.5 Å². The minimum absolute atomic E-state index is 0.00248. The van der Waals surface area contributed by atoms with Gasteiger partial charge < -0.3 is 24.4 Å². The maximum atomic E-state index is 12.8. The number of benzene rings is 1. The summed E-state index contributed by atoms with van der Waals surface area (Å²) in [5.41, 5.74) is 1.21. The fraction of sp³-hybridized carbons (Fsp3) is 0.571. The zero-order valence-electron chi connectivity index (χ0n) is 16.9. The molecule has 0 saturated carbocycles. The smallest absolute Gasteiger partial charge is 0.534 e. The average molecular weight is 383 g/mol. The molecule has 7 heteroatoms. The highest BCUT2D eigenvalue weighted by Gasteiger charge is 2.42. The van der Waals surface area contributed by atoms with Crippen LogP contribution < -0.4 is 10.8 Å². The third-order valence-corrected chi connectivity index (χ3v) is 6.06. The predicted molar refractivity (Wildman–Crippen MR) is 112 cm³/mol. The van der Waals surface area contributed by atoms with E-state index in [1.165, 1.54) is 25.9 Å². The van der Waals surface area contributed by atoms with E-state index in [1.54, 1.807) is 0 Å². The van der Waals surface area contributed by atoms with Crippen LogP contribution in [0.4, 0.5) is 10.5 Å². The van der Waals surface area contributed by atoms with Gasteiger partial charge in [0.05, 0.1) is 5.76 Å². The molecule has 3 fully saturated rings. The molecule has 3 aliphatic rings. The molecule has 1 aromatic carbocycles. The van der Waals surface area contributed by atoms with Crippen molar-refractivity contribution in [3.63, 3.8) is 0 Å². The van der Waals surface area contributed by atoms with E-state index in [-0.39, 0.29) is 6.03 Å². The number of hydrogen-bond acceptors (Lipinski definition) is 4. The highest BCUT2D eigenvalue weighted by atomic mass is 16.7. The molecule has 0 radical (unpaired) electrons. The van der Waals surface area contributed by atoms with Crippen molar-refractivity contribution in [3.05, 3.63) is 36.6 Å². The van der Waals surface area contributed by atoms with E-state index in [0.717, 1.165) is 37.1 Å². The molecule has 1 N–H and O–H groups in total. The largest absolute Gasteiger partial charge is 0.563 e. The molecule has 0 spiro atoms. The van der Waals surface area contributed by atoms with Crippen LogP contribution in [0.3, 0.4) is 0 Å². The topological polar surface area (TPSA) is 54.0 Å². The zero-order valence-corrected chi connectivity index (χ0v) is 16.9. The Balaban J connectivity index is 1.35. The molecule has 0 aromatic heterocycles. The summed E-state index contributed by atoms with van der Waals surface area (Å²) >= 11 is 0. The number of hydrogen-bond donors (Lipinski definition) is 1. The lowest BCUT2D eigenvalue weighted by atomic mass is 9.79. The summed E-state index contributed by atoms with van der Waals surface area (Å²) in [7, 11) is -0.448. The van der Waals surface area contributed by atoms with E-state index >= 15 is 0 Å². The first-order chi connectivity index (χ1) is 13.4. The Kier molecular flexibility index (Phi) is 5.38. The molecule has 1 atom stereocenters. The number of amides is 2. The first kappa shape index (κ1) is 19.3. The van der Waals surface area contributed by atoms with E-state index in [9.17, 15) is 4.79 Å². The van der Waals surface area contributed by atoms with Gasteiger partial charge in [0.1, 0.15) is 5.60 Å². The summed E-state index contributed by atoms with van der Waals surface area (Å²) in [6, 6.07) is 7.99. The molecule has 150 valence electrons. The molecular weight excluding hydrogens is 353 g/mol. The lowest BCUT2D eigenvalue weighted by Crippen LogP contribution is -2.44. The molecule has 1 aromatic rings. The summed E-state index contributed by atoms with van der Waals surface area (Å²) < 4.78 is 11.6. The maximum Gasteiger partial charge on any atom is 0.563 e. The Hall–Kier alpha value is -1.99. The van der Waals surface area contributed by atoms with Crippen LogP contribution in [0.25, 0.3) is 0 Å². The highest BCUT2D eigenvalue weighted by Crippen LogP contribution is 2.29. The van der Waals surface area contributed by atoms with Gasteiger partial charge in [0, 0.05) is 24.8 Å². The number of rotatable bonds is 4. The second-order valence-corrected chi connectivity index (χ2v) is 8.55. The average Bonchev–Trinajstić information content (AvgIpc) is 3.38. The highest BCUT2D eigenvalue weighted by molar-refractivity contribution is 6.62. The van der Waals surface area contributed by atoms with Gasteiger partial charge in [-0.3, -0.25) is 0 Å². The number of anilines is 1. The van der Waals surface area contributed by atoms with Crippen LogP contribution in [-0.4, -0.2) is 60.8 Å². The lowest BCUT2D eigenvalue weighted by molar-refractivity contribution is 0.173. The van der Waals surface area contributed by atoms with Crippen LogP contribution in [0.5, 0.6) is 0 Å². The molecule has 0 bridgehead atoms. The number of carbonyl (C=O) groups excluding carboxylic acids is 1. The molecule has 2 amide bonds. The van der Waals surface area contributed by atoms with Crippen molar-refractivity contribution < 1.29 is 14.1 Å². The summed E-state index contributed by atoms with van der Waals surface area (Å²) in [5, 5.41) is 3.05. The molecule has 28 heavy (non-hydrogen) atoms. The van der Waals surface area contributed by atoms with Gasteiger partial charge in [-0.2, -0.15) is 0 Å². The van der Waals surface area contributed by atoms with Gasteiger partial charge in [-0.05, 0) is 70.2 Å². The van der Waals surface area contributed by atoms with Gasteiger partial charge in [-0.15, -0.1) is 0 Å². The van der Waals surface area contributed by atoms with Crippen molar-refractivity contribution >= 4 is 24.3 Å². The minimum atomic E-state index is -0.488. The summed E-state index contributed by atoms with van der Waals surface area (Å²) in [5.74, 6) is 0.632. The van der Waals surface area contributed by atoms with E-state index in [4.69, 9.17) is 9.31 Å². The summed E-state index contributed by atoms with van der Waals surface area (Å²) in [4.78, 5) is 17.3. The Morgan fingerprint density at radius 3 is 2.57 bits per heavy atom. The molecule has 3 heterocycles. The third kappa shape index (κ3) is 4.05. The van der Waals surface area contributed by atoms with Crippen molar-refractivity contribution in [2.24, 2.45) is 0 Å². The van der Waals surface area contributed by atoms with E-state index in [2.05, 4.69) is 16.8 Å². The van der Waals surface area contributed by atoms with Crippen LogP contribution in [0, 0.1) is 0 Å². The van der Waals surface area contributed by atoms with Gasteiger partial charge >= 0.3 is 13.1 Å². The number of urea groups is 1. The Morgan fingerprint density at radius 1 is 1.21 bits per heavy atom. The van der Waals surface area contributed by atoms with Crippen LogP contribution in [0.15, 0.2) is 36.6 Å². The maximum absolute atomic E-state index is 12.8. The van der Waals surface area contributed by atoms with E-state index < -0.39 is 12.7 Å². The van der Waals surface area contributed by atoms with Gasteiger partial charge in [0.25, 0.3) is 0 Å². The van der Waals surface area contributed by atoms with Gasteiger partial charge in [-0.1, -0.05) is 18.7 Å². The summed E-state index contributed by atoms with van der Waals surface area (Å²) in [6.07, 6.45) is 4.74. The monoisotopic (exact) mass is 383 g/mol. The second kappa shape index (κ2) is 7.80. The van der Waals surface area contributed by atoms with Crippen molar-refractivity contribution in [2.45, 2.75) is 51.2 Å². The Morgan fingerprint density at radius 2 is 1.93 bits per heavy atom. The number of likely N-dealkylation sites (tertiary alicyclic amines) is 2. The van der Waals surface area contributed by atoms with E-state index in [0.29, 0.717) is 11.8 Å². The van der Waals surface area contributed by atoms with Crippen LogP contribution in [0.2, 0.25) is 0 Å². The minimum Gasteiger partial charge on any atom is -0.534 e. The lowest BCUT2D eigenvalue weighted by Gasteiger charge is -2.28. The first-order valence-electron chi connectivity index (χ1n) is 10.4. The number of nitrogens with zero attached hydrogens (tertiary/aromatic N) is 2. The quantitative estimate of drug-likeness (QED) is 0.813. The second-order valence-electron chi connectivity index (χ2n) is 8.55. The van der Waals surface area contributed by atoms with Gasteiger partial charge in [0.2, 0.25) is 0 Å². The Bertz CT molecular complexity index is 731. The number of carbonyl (C=O) groups is 1. The first-order valence-corrected chi connectivity index (χ1v) is 10.4. The SMILES string of the molecule is C=C1OB(c2ccc(NC(=O)N3CCC[C@H]3CN3CCCC3)cc2)OC1(C)C. The van der Waals surface area contributed by atoms with Crippen LogP contribution in [0.1, 0.15) is 39.5 Å². The van der Waals surface area contributed by atoms with E-state index in [1.807, 2.05) is 43.0 Å². The Labute approximate surface area is 168 Å². The number of nitrogens with one attached hydrogen (secondary N) is 1.